The zero-order chi connectivity index (χ0) is 12.1. The Morgan fingerprint density at radius 3 is 2.94 bits per heavy atom. The number of benzene rings is 1. The van der Waals surface area contributed by atoms with E-state index in [0.29, 0.717) is 0 Å². The average Bonchev–Trinajstić information content (AvgIpc) is 2.82. The molecule has 0 aliphatic carbocycles. The second kappa shape index (κ2) is 5.62. The molecule has 1 aromatic heterocycles. The van der Waals surface area contributed by atoms with Crippen LogP contribution in [0.4, 0.5) is 0 Å². The third-order valence-corrected chi connectivity index (χ3v) is 2.64. The largest absolute Gasteiger partial charge is 0.459 e. The minimum absolute atomic E-state index is 0.241. The van der Waals surface area contributed by atoms with Crippen LogP contribution in [0.2, 0.25) is 0 Å². The summed E-state index contributed by atoms with van der Waals surface area (Å²) in [6.07, 6.45) is 3.03. The summed E-state index contributed by atoms with van der Waals surface area (Å²) in [5, 5.41) is 3.85. The van der Waals surface area contributed by atoms with Crippen LogP contribution in [-0.2, 0) is 0 Å². The van der Waals surface area contributed by atoms with Crippen molar-refractivity contribution in [3.05, 3.63) is 57.6 Å². The molecular weight excluding hydrogens is 331 g/mol. The van der Waals surface area contributed by atoms with E-state index in [0.717, 1.165) is 9.13 Å². The molecule has 0 atom stereocenters. The van der Waals surface area contributed by atoms with Crippen LogP contribution in [0.5, 0.6) is 0 Å². The summed E-state index contributed by atoms with van der Waals surface area (Å²) in [6, 6.07) is 11.0. The number of amides is 1. The normalized spacial score (nSPS) is 10.6. The molecule has 0 aliphatic heterocycles. The Kier molecular flexibility index (Phi) is 3.92. The van der Waals surface area contributed by atoms with E-state index in [1.54, 1.807) is 18.3 Å². The number of nitrogens with zero attached hydrogens (tertiary/aromatic N) is 1. The maximum atomic E-state index is 11.4. The van der Waals surface area contributed by atoms with Crippen molar-refractivity contribution in [2.24, 2.45) is 5.10 Å². The van der Waals surface area contributed by atoms with E-state index in [4.69, 9.17) is 4.42 Å². The third-order valence-electron chi connectivity index (χ3n) is 1.97. The van der Waals surface area contributed by atoms with Crippen LogP contribution < -0.4 is 5.43 Å². The summed E-state index contributed by atoms with van der Waals surface area (Å²) in [6.45, 7) is 0. The van der Waals surface area contributed by atoms with E-state index in [1.165, 1.54) is 6.26 Å². The first-order chi connectivity index (χ1) is 8.25. The van der Waals surface area contributed by atoms with Crippen molar-refractivity contribution in [2.45, 2.75) is 0 Å². The van der Waals surface area contributed by atoms with Gasteiger partial charge in [0.25, 0.3) is 0 Å². The summed E-state index contributed by atoms with van der Waals surface area (Å²) >= 11 is 2.22. The molecule has 2 aromatic rings. The molecule has 0 radical (unpaired) electrons. The van der Waals surface area contributed by atoms with Gasteiger partial charge in [0, 0.05) is 3.57 Å². The molecule has 0 unspecified atom stereocenters. The van der Waals surface area contributed by atoms with Gasteiger partial charge in [-0.25, -0.2) is 5.43 Å². The molecule has 0 spiro atoms. The third kappa shape index (κ3) is 3.42. The summed E-state index contributed by atoms with van der Waals surface area (Å²) in [5.41, 5.74) is 3.31. The van der Waals surface area contributed by atoms with Crippen molar-refractivity contribution in [3.63, 3.8) is 0 Å². The Hall–Kier alpha value is -1.63. The van der Waals surface area contributed by atoms with Crippen molar-refractivity contribution in [2.75, 3.05) is 0 Å². The number of hydrogen-bond donors (Lipinski definition) is 1. The topological polar surface area (TPSA) is 54.6 Å². The quantitative estimate of drug-likeness (QED) is 0.531. The second-order valence-corrected chi connectivity index (χ2v) is 4.48. The van der Waals surface area contributed by atoms with Crippen LogP contribution in [0.1, 0.15) is 16.1 Å². The SMILES string of the molecule is O=C(N/N=C\c1cccc(I)c1)c1ccco1. The van der Waals surface area contributed by atoms with Gasteiger partial charge in [-0.15, -0.1) is 0 Å². The Morgan fingerprint density at radius 1 is 1.35 bits per heavy atom. The van der Waals surface area contributed by atoms with Gasteiger partial charge >= 0.3 is 5.91 Å². The van der Waals surface area contributed by atoms with E-state index in [1.807, 2.05) is 24.3 Å². The molecule has 0 saturated heterocycles. The fraction of sp³-hybridized carbons (Fsp3) is 0. The molecule has 86 valence electrons. The minimum atomic E-state index is -0.364. The highest BCUT2D eigenvalue weighted by Gasteiger charge is 2.05. The number of nitrogens with one attached hydrogen (secondary N) is 1. The van der Waals surface area contributed by atoms with Crippen LogP contribution in [0.25, 0.3) is 0 Å². The van der Waals surface area contributed by atoms with E-state index >= 15 is 0 Å². The molecule has 0 aliphatic rings. The smallest absolute Gasteiger partial charge is 0.307 e. The molecule has 1 heterocycles. The summed E-state index contributed by atoms with van der Waals surface area (Å²) in [7, 11) is 0. The molecule has 1 aromatic carbocycles. The Bertz CT molecular complexity index is 535. The number of hydrazone groups is 1. The van der Waals surface area contributed by atoms with Gasteiger partial charge in [-0.2, -0.15) is 5.10 Å². The number of hydrogen-bond acceptors (Lipinski definition) is 3. The summed E-state index contributed by atoms with van der Waals surface area (Å²) in [4.78, 5) is 11.4. The zero-order valence-corrected chi connectivity index (χ0v) is 10.9. The lowest BCUT2D eigenvalue weighted by molar-refractivity contribution is 0.0927. The monoisotopic (exact) mass is 340 g/mol. The van der Waals surface area contributed by atoms with Gasteiger partial charge in [-0.05, 0) is 52.4 Å². The molecule has 1 amide bonds. The second-order valence-electron chi connectivity index (χ2n) is 3.23. The zero-order valence-electron chi connectivity index (χ0n) is 8.76. The lowest BCUT2D eigenvalue weighted by Gasteiger charge is -1.96. The van der Waals surface area contributed by atoms with Crippen molar-refractivity contribution < 1.29 is 9.21 Å². The maximum absolute atomic E-state index is 11.4. The fourth-order valence-electron chi connectivity index (χ4n) is 1.22. The molecule has 4 nitrogen and oxygen atoms in total. The molecular formula is C12H9IN2O2. The van der Waals surface area contributed by atoms with Crippen LogP contribution >= 0.6 is 22.6 Å². The van der Waals surface area contributed by atoms with Gasteiger partial charge in [-0.3, -0.25) is 4.79 Å². The molecule has 1 N–H and O–H groups in total. The van der Waals surface area contributed by atoms with Crippen molar-refractivity contribution in [3.8, 4) is 0 Å². The van der Waals surface area contributed by atoms with Crippen LogP contribution in [-0.4, -0.2) is 12.1 Å². The Balaban J connectivity index is 1.96. The molecule has 0 bridgehead atoms. The highest BCUT2D eigenvalue weighted by Crippen LogP contribution is 2.05. The first kappa shape index (κ1) is 11.8. The van der Waals surface area contributed by atoms with Crippen molar-refractivity contribution in [1.29, 1.82) is 0 Å². The maximum Gasteiger partial charge on any atom is 0.307 e. The predicted molar refractivity (Wildman–Crippen MR) is 72.9 cm³/mol. The van der Waals surface area contributed by atoms with Gasteiger partial charge in [-0.1, -0.05) is 12.1 Å². The van der Waals surface area contributed by atoms with E-state index in [2.05, 4.69) is 33.1 Å². The number of furan rings is 1. The van der Waals surface area contributed by atoms with Crippen LogP contribution in [0, 0.1) is 3.57 Å². The van der Waals surface area contributed by atoms with Crippen molar-refractivity contribution >= 4 is 34.7 Å². The van der Waals surface area contributed by atoms with E-state index < -0.39 is 0 Å². The van der Waals surface area contributed by atoms with Crippen LogP contribution in [0.15, 0.2) is 52.2 Å². The highest BCUT2D eigenvalue weighted by atomic mass is 127. The highest BCUT2D eigenvalue weighted by molar-refractivity contribution is 14.1. The van der Waals surface area contributed by atoms with Gasteiger partial charge in [0.1, 0.15) is 0 Å². The molecule has 0 saturated carbocycles. The first-order valence-electron chi connectivity index (χ1n) is 4.88. The molecule has 0 fully saturated rings. The van der Waals surface area contributed by atoms with Crippen molar-refractivity contribution in [1.82, 2.24) is 5.43 Å². The number of rotatable bonds is 3. The number of carbonyl (C=O) groups is 1. The standard InChI is InChI=1S/C12H9IN2O2/c13-10-4-1-3-9(7-10)8-14-15-12(16)11-5-2-6-17-11/h1-8H,(H,15,16)/b14-8-. The van der Waals surface area contributed by atoms with E-state index in [-0.39, 0.29) is 11.7 Å². The fourth-order valence-corrected chi connectivity index (χ4v) is 1.78. The molecule has 17 heavy (non-hydrogen) atoms. The summed E-state index contributed by atoms with van der Waals surface area (Å²) < 4.78 is 6.04. The lowest BCUT2D eigenvalue weighted by atomic mass is 10.2. The first-order valence-corrected chi connectivity index (χ1v) is 5.96. The summed E-state index contributed by atoms with van der Waals surface area (Å²) in [5.74, 6) is -0.123. The van der Waals surface area contributed by atoms with Gasteiger partial charge < -0.3 is 4.42 Å². The molecule has 2 rings (SSSR count). The van der Waals surface area contributed by atoms with Gasteiger partial charge in [0.05, 0.1) is 12.5 Å². The number of halogens is 1. The lowest BCUT2D eigenvalue weighted by Crippen LogP contribution is -2.16. The Labute approximate surface area is 112 Å². The molecule has 5 heteroatoms. The Morgan fingerprint density at radius 2 is 2.24 bits per heavy atom. The van der Waals surface area contributed by atoms with E-state index in [9.17, 15) is 4.79 Å². The predicted octanol–water partition coefficient (Wildman–Crippen LogP) is 2.65. The van der Waals surface area contributed by atoms with Gasteiger partial charge in [0.15, 0.2) is 5.76 Å². The average molecular weight is 340 g/mol. The van der Waals surface area contributed by atoms with Crippen LogP contribution in [0.3, 0.4) is 0 Å². The van der Waals surface area contributed by atoms with Gasteiger partial charge in [0.2, 0.25) is 0 Å². The minimum Gasteiger partial charge on any atom is -0.459 e. The number of carbonyl (C=O) groups excluding carboxylic acids is 1.